The molecule has 0 saturated carbocycles. The lowest BCUT2D eigenvalue weighted by Crippen LogP contribution is -1.90. The van der Waals surface area contributed by atoms with Crippen molar-refractivity contribution >= 4 is 32.4 Å². The Kier molecular flexibility index (Phi) is 4.37. The average molecular weight is 435 g/mol. The minimum atomic E-state index is 0.364. The summed E-state index contributed by atoms with van der Waals surface area (Å²) in [5.74, 6) is 2.74. The minimum absolute atomic E-state index is 0.364. The molecule has 3 aromatic carbocycles. The SMILES string of the molecule is CC(C)c1ncc(-c2ccc3c(c2)c2cn[nH]c2c2cc(-c4cnc(C(C)C)[nH]4)ccc32)[nH]1. The second-order valence-electron chi connectivity index (χ2n) is 9.35. The number of H-pyrrole nitrogens is 3. The van der Waals surface area contributed by atoms with E-state index in [1.807, 2.05) is 18.6 Å². The molecule has 3 N–H and O–H groups in total. The van der Waals surface area contributed by atoms with Crippen LogP contribution >= 0.6 is 0 Å². The van der Waals surface area contributed by atoms with Crippen LogP contribution in [0.5, 0.6) is 0 Å². The zero-order chi connectivity index (χ0) is 22.7. The van der Waals surface area contributed by atoms with Gasteiger partial charge in [0, 0.05) is 33.7 Å². The molecule has 33 heavy (non-hydrogen) atoms. The van der Waals surface area contributed by atoms with Gasteiger partial charge in [0.05, 0.1) is 35.5 Å². The summed E-state index contributed by atoms with van der Waals surface area (Å²) in [6, 6.07) is 13.2. The lowest BCUT2D eigenvalue weighted by molar-refractivity contribution is 0.795. The third-order valence-corrected chi connectivity index (χ3v) is 6.43. The van der Waals surface area contributed by atoms with Gasteiger partial charge in [-0.25, -0.2) is 9.97 Å². The van der Waals surface area contributed by atoms with Crippen LogP contribution in [0.3, 0.4) is 0 Å². The van der Waals surface area contributed by atoms with Gasteiger partial charge in [0.1, 0.15) is 11.6 Å². The highest BCUT2D eigenvalue weighted by Gasteiger charge is 2.14. The van der Waals surface area contributed by atoms with Crippen molar-refractivity contribution in [1.29, 1.82) is 0 Å². The number of aromatic amines is 3. The Morgan fingerprint density at radius 3 is 1.70 bits per heavy atom. The fourth-order valence-electron chi connectivity index (χ4n) is 4.57. The minimum Gasteiger partial charge on any atom is -0.342 e. The van der Waals surface area contributed by atoms with E-state index in [2.05, 4.69) is 94.2 Å². The number of hydrogen-bond donors (Lipinski definition) is 3. The van der Waals surface area contributed by atoms with Gasteiger partial charge in [0.15, 0.2) is 0 Å². The Labute approximate surface area is 191 Å². The molecule has 0 aliphatic rings. The molecule has 0 unspecified atom stereocenters. The van der Waals surface area contributed by atoms with Crippen molar-refractivity contribution in [2.75, 3.05) is 0 Å². The van der Waals surface area contributed by atoms with Gasteiger partial charge in [-0.05, 0) is 28.3 Å². The highest BCUT2D eigenvalue weighted by atomic mass is 15.1. The number of imidazole rings is 2. The van der Waals surface area contributed by atoms with Gasteiger partial charge in [-0.3, -0.25) is 5.10 Å². The third-order valence-electron chi connectivity index (χ3n) is 6.43. The lowest BCUT2D eigenvalue weighted by Gasteiger charge is -2.10. The first-order valence-electron chi connectivity index (χ1n) is 11.4. The maximum absolute atomic E-state index is 4.54. The molecule has 0 amide bonds. The molecular weight excluding hydrogens is 408 g/mol. The van der Waals surface area contributed by atoms with Gasteiger partial charge in [-0.2, -0.15) is 5.10 Å². The number of fused-ring (bicyclic) bond motifs is 6. The Hall–Kier alpha value is -3.93. The smallest absolute Gasteiger partial charge is 0.109 e. The Balaban J connectivity index is 1.55. The van der Waals surface area contributed by atoms with Gasteiger partial charge in [-0.1, -0.05) is 52.0 Å². The molecule has 3 aromatic heterocycles. The van der Waals surface area contributed by atoms with Crippen LogP contribution in [-0.4, -0.2) is 30.1 Å². The summed E-state index contributed by atoms with van der Waals surface area (Å²) in [6.07, 6.45) is 5.77. The highest BCUT2D eigenvalue weighted by Crippen LogP contribution is 2.37. The average Bonchev–Trinajstić information content (AvgIpc) is 3.59. The molecule has 6 rings (SSSR count). The first kappa shape index (κ1) is 19.7. The van der Waals surface area contributed by atoms with Crippen LogP contribution in [0.25, 0.3) is 55.0 Å². The number of benzene rings is 3. The van der Waals surface area contributed by atoms with Crippen LogP contribution in [0, 0.1) is 0 Å². The van der Waals surface area contributed by atoms with E-state index in [0.717, 1.165) is 50.5 Å². The summed E-state index contributed by atoms with van der Waals surface area (Å²) in [5, 5.41) is 13.5. The van der Waals surface area contributed by atoms with E-state index >= 15 is 0 Å². The molecule has 0 aliphatic carbocycles. The van der Waals surface area contributed by atoms with Gasteiger partial charge in [-0.15, -0.1) is 0 Å². The molecule has 0 radical (unpaired) electrons. The van der Waals surface area contributed by atoms with Crippen molar-refractivity contribution in [3.8, 4) is 22.5 Å². The fraction of sp³-hybridized carbons (Fsp3) is 0.222. The summed E-state index contributed by atoms with van der Waals surface area (Å²) in [7, 11) is 0. The van der Waals surface area contributed by atoms with Gasteiger partial charge >= 0.3 is 0 Å². The van der Waals surface area contributed by atoms with E-state index in [-0.39, 0.29) is 0 Å². The maximum Gasteiger partial charge on any atom is 0.109 e. The van der Waals surface area contributed by atoms with Crippen molar-refractivity contribution in [1.82, 2.24) is 30.1 Å². The first-order valence-corrected chi connectivity index (χ1v) is 11.4. The topological polar surface area (TPSA) is 86.0 Å². The molecule has 0 saturated heterocycles. The molecule has 0 bridgehead atoms. The van der Waals surface area contributed by atoms with Crippen molar-refractivity contribution < 1.29 is 0 Å². The first-order chi connectivity index (χ1) is 16.0. The van der Waals surface area contributed by atoms with Crippen LogP contribution < -0.4 is 0 Å². The molecule has 3 heterocycles. The van der Waals surface area contributed by atoms with E-state index in [9.17, 15) is 0 Å². The van der Waals surface area contributed by atoms with E-state index in [4.69, 9.17) is 0 Å². The number of aromatic nitrogens is 6. The van der Waals surface area contributed by atoms with Crippen LogP contribution in [0.1, 0.15) is 51.2 Å². The molecule has 6 aromatic rings. The summed E-state index contributed by atoms with van der Waals surface area (Å²) in [6.45, 7) is 8.57. The van der Waals surface area contributed by atoms with E-state index in [0.29, 0.717) is 11.8 Å². The van der Waals surface area contributed by atoms with Crippen molar-refractivity contribution in [2.24, 2.45) is 0 Å². The van der Waals surface area contributed by atoms with Crippen LogP contribution in [0.4, 0.5) is 0 Å². The second-order valence-corrected chi connectivity index (χ2v) is 9.35. The molecule has 0 aliphatic heterocycles. The monoisotopic (exact) mass is 434 g/mol. The van der Waals surface area contributed by atoms with Crippen molar-refractivity contribution in [2.45, 2.75) is 39.5 Å². The molecular formula is C27H26N6. The highest BCUT2D eigenvalue weighted by molar-refractivity contribution is 6.25. The predicted octanol–water partition coefficient (Wildman–Crippen LogP) is 6.90. The zero-order valence-electron chi connectivity index (χ0n) is 19.2. The number of nitrogens with zero attached hydrogens (tertiary/aromatic N) is 3. The summed E-state index contributed by atoms with van der Waals surface area (Å²) in [4.78, 5) is 16.0. The number of nitrogens with one attached hydrogen (secondary N) is 3. The van der Waals surface area contributed by atoms with Gasteiger partial charge < -0.3 is 9.97 Å². The standard InChI is InChI=1S/C27H26N6/c1-14(2)26-28-12-23(31-26)16-5-7-18-19-8-6-17(24-13-29-27(32-24)15(3)4)10-21(19)25-22(11-30-33-25)20(18)9-16/h5-15H,1-4H3,(H,28,31)(H,29,32)(H,30,33). The third kappa shape index (κ3) is 3.13. The van der Waals surface area contributed by atoms with Crippen molar-refractivity contribution in [3.63, 3.8) is 0 Å². The Morgan fingerprint density at radius 2 is 1.15 bits per heavy atom. The largest absolute Gasteiger partial charge is 0.342 e. The van der Waals surface area contributed by atoms with Crippen LogP contribution in [0.15, 0.2) is 55.0 Å². The molecule has 0 fully saturated rings. The molecule has 164 valence electrons. The van der Waals surface area contributed by atoms with Crippen molar-refractivity contribution in [3.05, 3.63) is 66.6 Å². The number of rotatable bonds is 4. The molecule has 0 atom stereocenters. The van der Waals surface area contributed by atoms with E-state index in [1.54, 1.807) is 0 Å². The van der Waals surface area contributed by atoms with E-state index < -0.39 is 0 Å². The lowest BCUT2D eigenvalue weighted by atomic mass is 9.94. The van der Waals surface area contributed by atoms with Crippen LogP contribution in [-0.2, 0) is 0 Å². The molecule has 6 heteroatoms. The normalized spacial score (nSPS) is 12.2. The molecule has 0 spiro atoms. The predicted molar refractivity (Wildman–Crippen MR) is 134 cm³/mol. The summed E-state index contributed by atoms with van der Waals surface area (Å²) < 4.78 is 0. The molecule has 6 nitrogen and oxygen atoms in total. The maximum atomic E-state index is 4.54. The second kappa shape index (κ2) is 7.30. The quantitative estimate of drug-likeness (QED) is 0.264. The van der Waals surface area contributed by atoms with Crippen LogP contribution in [0.2, 0.25) is 0 Å². The summed E-state index contributed by atoms with van der Waals surface area (Å²) in [5.41, 5.74) is 5.36. The number of hydrogen-bond acceptors (Lipinski definition) is 3. The Morgan fingerprint density at radius 1 is 0.606 bits per heavy atom. The fourth-order valence-corrected chi connectivity index (χ4v) is 4.57. The zero-order valence-corrected chi connectivity index (χ0v) is 19.2. The Bertz CT molecular complexity index is 1510. The summed E-state index contributed by atoms with van der Waals surface area (Å²) >= 11 is 0. The van der Waals surface area contributed by atoms with E-state index in [1.165, 1.54) is 16.2 Å². The van der Waals surface area contributed by atoms with Gasteiger partial charge in [0.25, 0.3) is 0 Å². The van der Waals surface area contributed by atoms with Gasteiger partial charge in [0.2, 0.25) is 0 Å².